The van der Waals surface area contributed by atoms with Crippen LogP contribution in [0.2, 0.25) is 0 Å². The monoisotopic (exact) mass is 417 g/mol. The molecule has 0 bridgehead atoms. The lowest BCUT2D eigenvalue weighted by Crippen LogP contribution is -2.27. The van der Waals surface area contributed by atoms with E-state index in [4.69, 9.17) is 0 Å². The van der Waals surface area contributed by atoms with Gasteiger partial charge in [0.1, 0.15) is 6.54 Å². The zero-order valence-electron chi connectivity index (χ0n) is 13.1. The summed E-state index contributed by atoms with van der Waals surface area (Å²) in [6.45, 7) is -0.245. The minimum atomic E-state index is -4.45. The van der Waals surface area contributed by atoms with Gasteiger partial charge in [0.25, 0.3) is 0 Å². The van der Waals surface area contributed by atoms with Gasteiger partial charge < -0.3 is 0 Å². The summed E-state index contributed by atoms with van der Waals surface area (Å²) in [4.78, 5) is 24.3. The lowest BCUT2D eigenvalue weighted by atomic mass is 10.0. The van der Waals surface area contributed by atoms with Gasteiger partial charge in [-0.2, -0.15) is 13.2 Å². The first-order valence-electron chi connectivity index (χ1n) is 7.79. The van der Waals surface area contributed by atoms with Crippen molar-refractivity contribution in [2.45, 2.75) is 44.4 Å². The molecule has 9 heteroatoms. The highest BCUT2D eigenvalue weighted by molar-refractivity contribution is 9.10. The first-order chi connectivity index (χ1) is 11.8. The topological polar surface area (TPSA) is 56.9 Å². The molecule has 2 aromatic rings. The smallest absolute Gasteiger partial charge is 0.298 e. The summed E-state index contributed by atoms with van der Waals surface area (Å²) in [6.07, 6.45) is -2.79. The number of carbonyl (C=O) groups is 1. The molecule has 0 aliphatic heterocycles. The molecule has 0 atom stereocenters. The van der Waals surface area contributed by atoms with Gasteiger partial charge in [0.15, 0.2) is 5.78 Å². The van der Waals surface area contributed by atoms with Crippen molar-refractivity contribution < 1.29 is 18.0 Å². The predicted octanol–water partition coefficient (Wildman–Crippen LogP) is 3.36. The zero-order valence-corrected chi connectivity index (χ0v) is 14.7. The van der Waals surface area contributed by atoms with Crippen LogP contribution in [0.15, 0.2) is 33.8 Å². The van der Waals surface area contributed by atoms with Crippen LogP contribution < -0.4 is 5.69 Å². The molecule has 1 fully saturated rings. The van der Waals surface area contributed by atoms with E-state index in [2.05, 4.69) is 21.0 Å². The Morgan fingerprint density at radius 2 is 1.96 bits per heavy atom. The number of nitrogens with zero attached hydrogens (tertiary/aromatic N) is 3. The van der Waals surface area contributed by atoms with Crippen molar-refractivity contribution in [2.75, 3.05) is 0 Å². The molecule has 0 radical (unpaired) electrons. The normalized spacial score (nSPS) is 14.7. The number of halogens is 4. The maximum absolute atomic E-state index is 13.0. The third-order valence-corrected chi connectivity index (χ3v) is 4.60. The van der Waals surface area contributed by atoms with Crippen LogP contribution in [0.5, 0.6) is 0 Å². The van der Waals surface area contributed by atoms with Crippen molar-refractivity contribution >= 4 is 21.7 Å². The lowest BCUT2D eigenvalue weighted by Gasteiger charge is -2.12. The number of Topliss-reactive ketones (excluding diaryl/α,β-unsaturated/α-hetero) is 1. The van der Waals surface area contributed by atoms with Crippen LogP contribution >= 0.6 is 15.9 Å². The second-order valence-corrected chi connectivity index (χ2v) is 6.71. The van der Waals surface area contributed by atoms with Gasteiger partial charge in [-0.15, -0.1) is 5.10 Å². The predicted molar refractivity (Wildman–Crippen MR) is 87.2 cm³/mol. The fraction of sp³-hybridized carbons (Fsp3) is 0.438. The number of alkyl halides is 3. The molecule has 1 heterocycles. The van der Waals surface area contributed by atoms with Crippen molar-refractivity contribution in [1.82, 2.24) is 14.3 Å². The highest BCUT2D eigenvalue weighted by atomic mass is 79.9. The number of ketones is 1. The summed E-state index contributed by atoms with van der Waals surface area (Å²) in [6, 6.07) is 5.30. The highest BCUT2D eigenvalue weighted by Crippen LogP contribution is 2.35. The number of carbonyl (C=O) groups excluding carboxylic acids is 1. The van der Waals surface area contributed by atoms with Crippen LogP contribution in [-0.2, 0) is 23.9 Å². The van der Waals surface area contributed by atoms with Crippen LogP contribution in [-0.4, -0.2) is 20.1 Å². The average Bonchev–Trinajstić information content (AvgIpc) is 3.32. The van der Waals surface area contributed by atoms with Crippen molar-refractivity contribution in [3.05, 3.63) is 50.6 Å². The van der Waals surface area contributed by atoms with Crippen molar-refractivity contribution in [2.24, 2.45) is 0 Å². The molecule has 25 heavy (non-hydrogen) atoms. The van der Waals surface area contributed by atoms with E-state index in [1.165, 1.54) is 22.8 Å². The summed E-state index contributed by atoms with van der Waals surface area (Å²) in [5.74, 6) is -0.341. The molecule has 5 nitrogen and oxygen atoms in total. The van der Waals surface area contributed by atoms with Gasteiger partial charge in [0.05, 0.1) is 5.56 Å². The molecule has 134 valence electrons. The fourth-order valence-electron chi connectivity index (χ4n) is 2.67. The summed E-state index contributed by atoms with van der Waals surface area (Å²) < 4.78 is 41.8. The van der Waals surface area contributed by atoms with E-state index in [1.807, 2.05) is 0 Å². The van der Waals surface area contributed by atoms with E-state index < -0.39 is 11.7 Å². The van der Waals surface area contributed by atoms with Crippen molar-refractivity contribution in [3.8, 4) is 0 Å². The Balaban J connectivity index is 1.67. The molecule has 0 spiro atoms. The molecule has 0 N–H and O–H groups in total. The number of aryl methyl sites for hydroxylation is 1. The minimum absolute atomic E-state index is 0.0340. The van der Waals surface area contributed by atoms with Crippen molar-refractivity contribution in [3.63, 3.8) is 0 Å². The Bertz CT molecular complexity index is 853. The molecule has 0 unspecified atom stereocenters. The molecule has 1 aromatic carbocycles. The van der Waals surface area contributed by atoms with Crippen LogP contribution in [0.25, 0.3) is 0 Å². The Labute approximate surface area is 149 Å². The van der Waals surface area contributed by atoms with Gasteiger partial charge in [-0.1, -0.05) is 18.2 Å². The first-order valence-corrected chi connectivity index (χ1v) is 8.58. The van der Waals surface area contributed by atoms with Crippen LogP contribution in [0.3, 0.4) is 0 Å². The van der Waals surface area contributed by atoms with Gasteiger partial charge in [-0.05, 0) is 46.8 Å². The molecule has 1 aliphatic rings. The third-order valence-electron chi connectivity index (χ3n) is 4.06. The molecule has 3 rings (SSSR count). The number of hydrogen-bond donors (Lipinski definition) is 0. The Morgan fingerprint density at radius 3 is 2.60 bits per heavy atom. The standard InChI is InChI=1S/C16H15BrF3N3O2/c17-14-21-22(15(25)23(14)11-6-7-11)9-12(24)8-5-10-3-1-2-4-13(10)16(18,19)20/h1-4,11H,5-9H2. The minimum Gasteiger partial charge on any atom is -0.298 e. The summed E-state index contributed by atoms with van der Waals surface area (Å²) in [7, 11) is 0. The second-order valence-electron chi connectivity index (χ2n) is 6.00. The number of hydrogen-bond acceptors (Lipinski definition) is 3. The van der Waals surface area contributed by atoms with E-state index in [9.17, 15) is 22.8 Å². The van der Waals surface area contributed by atoms with E-state index in [0.717, 1.165) is 23.6 Å². The molecule has 1 saturated carbocycles. The SMILES string of the molecule is O=C(CCc1ccccc1C(F)(F)F)Cn1nc(Br)n(C2CC2)c1=O. The summed E-state index contributed by atoms with van der Waals surface area (Å²) >= 11 is 3.20. The maximum Gasteiger partial charge on any atom is 0.416 e. The van der Waals surface area contributed by atoms with Gasteiger partial charge in [0.2, 0.25) is 4.73 Å². The van der Waals surface area contributed by atoms with E-state index in [1.54, 1.807) is 0 Å². The zero-order chi connectivity index (χ0) is 18.2. The maximum atomic E-state index is 13.0. The van der Waals surface area contributed by atoms with Gasteiger partial charge >= 0.3 is 11.9 Å². The number of benzene rings is 1. The van der Waals surface area contributed by atoms with E-state index in [-0.39, 0.29) is 42.5 Å². The molecule has 0 saturated heterocycles. The largest absolute Gasteiger partial charge is 0.416 e. The van der Waals surface area contributed by atoms with E-state index in [0.29, 0.717) is 4.73 Å². The Morgan fingerprint density at radius 1 is 1.28 bits per heavy atom. The van der Waals surface area contributed by atoms with Crippen molar-refractivity contribution in [1.29, 1.82) is 0 Å². The Hall–Kier alpha value is -1.90. The molecule has 1 aromatic heterocycles. The van der Waals surface area contributed by atoms with Crippen LogP contribution in [0, 0.1) is 0 Å². The molecule has 1 aliphatic carbocycles. The van der Waals surface area contributed by atoms with Crippen LogP contribution in [0.1, 0.15) is 36.4 Å². The van der Waals surface area contributed by atoms with E-state index >= 15 is 0 Å². The first kappa shape index (κ1) is 17.9. The Kier molecular flexibility index (Phi) is 4.86. The summed E-state index contributed by atoms with van der Waals surface area (Å²) in [5, 5.41) is 4.01. The fourth-order valence-corrected chi connectivity index (χ4v) is 3.30. The molecular formula is C16H15BrF3N3O2. The average molecular weight is 418 g/mol. The van der Waals surface area contributed by atoms with Crippen LogP contribution in [0.4, 0.5) is 13.2 Å². The van der Waals surface area contributed by atoms with Gasteiger partial charge in [-0.3, -0.25) is 9.36 Å². The van der Waals surface area contributed by atoms with Gasteiger partial charge in [-0.25, -0.2) is 9.48 Å². The third kappa shape index (κ3) is 4.02. The summed E-state index contributed by atoms with van der Waals surface area (Å²) in [5.41, 5.74) is -1.04. The number of rotatable bonds is 6. The lowest BCUT2D eigenvalue weighted by molar-refractivity contribution is -0.138. The highest BCUT2D eigenvalue weighted by Gasteiger charge is 2.33. The quantitative estimate of drug-likeness (QED) is 0.723. The number of aromatic nitrogens is 3. The second kappa shape index (κ2) is 6.78. The molecular weight excluding hydrogens is 403 g/mol. The van der Waals surface area contributed by atoms with Gasteiger partial charge in [0, 0.05) is 12.5 Å². The molecule has 0 amide bonds.